The van der Waals surface area contributed by atoms with E-state index in [1.807, 2.05) is 6.08 Å². The van der Waals surface area contributed by atoms with Crippen LogP contribution in [-0.2, 0) is 0 Å². The monoisotopic (exact) mass is 354 g/mol. The molecule has 142 valence electrons. The van der Waals surface area contributed by atoms with Crippen molar-refractivity contribution >= 4 is 0 Å². The third kappa shape index (κ3) is 2.54. The van der Waals surface area contributed by atoms with E-state index in [1.165, 1.54) is 6.42 Å². The Balaban J connectivity index is 1.57. The summed E-state index contributed by atoms with van der Waals surface area (Å²) in [5.41, 5.74) is 1.69. The van der Waals surface area contributed by atoms with Crippen LogP contribution in [0.2, 0.25) is 0 Å². The molecule has 2 heteroatoms. The van der Waals surface area contributed by atoms with E-state index < -0.39 is 11.2 Å². The van der Waals surface area contributed by atoms with Gasteiger partial charge in [0.15, 0.2) is 0 Å². The Labute approximate surface area is 158 Å². The Morgan fingerprint density at radius 2 is 2.00 bits per heavy atom. The number of fused-ring (bicyclic) bond motifs is 4. The minimum absolute atomic E-state index is 0.111. The predicted octanol–water partition coefficient (Wildman–Crippen LogP) is 4.76. The first kappa shape index (κ1) is 18.3. The topological polar surface area (TPSA) is 40.5 Å². The fourth-order valence-electron chi connectivity index (χ4n) is 7.14. The average molecular weight is 355 g/mol. The summed E-state index contributed by atoms with van der Waals surface area (Å²) in [4.78, 5) is 0. The van der Waals surface area contributed by atoms with E-state index in [0.717, 1.165) is 64.2 Å². The van der Waals surface area contributed by atoms with Gasteiger partial charge in [-0.3, -0.25) is 0 Å². The molecule has 2 N–H and O–H groups in total. The van der Waals surface area contributed by atoms with Gasteiger partial charge in [0, 0.05) is 5.41 Å². The highest BCUT2D eigenvalue weighted by molar-refractivity contribution is 5.31. The molecule has 0 spiro atoms. The van der Waals surface area contributed by atoms with Crippen LogP contribution < -0.4 is 0 Å². The van der Waals surface area contributed by atoms with Crippen molar-refractivity contribution in [2.75, 3.05) is 0 Å². The molecule has 0 heterocycles. The Kier molecular flexibility index (Phi) is 4.41. The van der Waals surface area contributed by atoms with Gasteiger partial charge in [0.2, 0.25) is 0 Å². The van der Waals surface area contributed by atoms with Crippen LogP contribution in [0.15, 0.2) is 23.8 Å². The maximum absolute atomic E-state index is 11.0. The van der Waals surface area contributed by atoms with Gasteiger partial charge in [0.05, 0.1) is 5.60 Å². The summed E-state index contributed by atoms with van der Waals surface area (Å²) in [6, 6.07) is 0. The van der Waals surface area contributed by atoms with Crippen LogP contribution in [0, 0.1) is 35.5 Å². The van der Waals surface area contributed by atoms with E-state index in [4.69, 9.17) is 6.42 Å². The zero-order valence-electron chi connectivity index (χ0n) is 16.3. The van der Waals surface area contributed by atoms with Crippen LogP contribution in [0.4, 0.5) is 0 Å². The summed E-state index contributed by atoms with van der Waals surface area (Å²) in [6.45, 7) is 6.06. The number of hydrogen-bond donors (Lipinski definition) is 2. The van der Waals surface area contributed by atoms with Crippen molar-refractivity contribution in [2.24, 2.45) is 23.2 Å². The molecule has 2 fully saturated rings. The molecular weight excluding hydrogens is 320 g/mol. The molecule has 4 aliphatic carbocycles. The molecular formula is C24H34O2. The van der Waals surface area contributed by atoms with E-state index in [-0.39, 0.29) is 5.41 Å². The zero-order valence-corrected chi connectivity index (χ0v) is 16.3. The summed E-state index contributed by atoms with van der Waals surface area (Å²) >= 11 is 0. The second kappa shape index (κ2) is 6.25. The van der Waals surface area contributed by atoms with Crippen molar-refractivity contribution in [3.8, 4) is 12.3 Å². The van der Waals surface area contributed by atoms with Crippen molar-refractivity contribution in [2.45, 2.75) is 88.8 Å². The van der Waals surface area contributed by atoms with Crippen molar-refractivity contribution in [3.05, 3.63) is 23.8 Å². The highest BCUT2D eigenvalue weighted by Crippen LogP contribution is 2.64. The van der Waals surface area contributed by atoms with Crippen molar-refractivity contribution < 1.29 is 10.2 Å². The minimum Gasteiger partial charge on any atom is -0.390 e. The fraction of sp³-hybridized carbons (Fsp3) is 0.750. The zero-order chi connectivity index (χ0) is 18.6. The molecule has 4 rings (SSSR count). The molecule has 0 saturated heterocycles. The third-order valence-corrected chi connectivity index (χ3v) is 8.72. The second-order valence-electron chi connectivity index (χ2n) is 9.77. The lowest BCUT2D eigenvalue weighted by Crippen LogP contribution is -2.51. The molecule has 0 aromatic heterocycles. The Morgan fingerprint density at radius 1 is 1.19 bits per heavy atom. The lowest BCUT2D eigenvalue weighted by molar-refractivity contribution is -0.0728. The summed E-state index contributed by atoms with van der Waals surface area (Å²) in [5.74, 6) is 4.66. The second-order valence-corrected chi connectivity index (χ2v) is 9.77. The summed E-state index contributed by atoms with van der Waals surface area (Å²) < 4.78 is 0. The summed E-state index contributed by atoms with van der Waals surface area (Å²) in [6.07, 6.45) is 18.6. The smallest absolute Gasteiger partial charge is 0.130 e. The molecule has 0 amide bonds. The molecule has 26 heavy (non-hydrogen) atoms. The first-order valence-electron chi connectivity index (χ1n) is 10.6. The standard InChI is InChI=1S/C24H34O2/c1-4-6-12-23(25)14-10-18-17(16-23)7-8-20-19(18)9-13-22(3)21(20)11-15-24(22,26)5-2/h2,4,19-21,25-26H,1,6-16H2,3H3/t19-,20-,21+,22+,23?,24-/m1/s1. The van der Waals surface area contributed by atoms with Crippen molar-refractivity contribution in [1.29, 1.82) is 0 Å². The number of aliphatic hydroxyl groups is 2. The van der Waals surface area contributed by atoms with Crippen LogP contribution in [-0.4, -0.2) is 21.4 Å². The predicted molar refractivity (Wildman–Crippen MR) is 105 cm³/mol. The number of terminal acetylenes is 1. The lowest BCUT2D eigenvalue weighted by atomic mass is 9.52. The molecule has 2 saturated carbocycles. The quantitative estimate of drug-likeness (QED) is 0.566. The number of allylic oxidation sites excluding steroid dienone is 2. The molecule has 0 aliphatic heterocycles. The number of hydrogen-bond acceptors (Lipinski definition) is 2. The molecule has 1 unspecified atom stereocenters. The minimum atomic E-state index is -0.908. The van der Waals surface area contributed by atoms with Gasteiger partial charge in [-0.2, -0.15) is 0 Å². The maximum Gasteiger partial charge on any atom is 0.130 e. The first-order chi connectivity index (χ1) is 12.4. The molecule has 6 atom stereocenters. The van der Waals surface area contributed by atoms with Crippen LogP contribution in [0.5, 0.6) is 0 Å². The molecule has 0 radical (unpaired) electrons. The van der Waals surface area contributed by atoms with E-state index in [9.17, 15) is 10.2 Å². The van der Waals surface area contributed by atoms with Crippen molar-refractivity contribution in [1.82, 2.24) is 0 Å². The van der Waals surface area contributed by atoms with Gasteiger partial charge in [-0.1, -0.05) is 30.1 Å². The Hall–Kier alpha value is -1.04. The van der Waals surface area contributed by atoms with Crippen LogP contribution in [0.3, 0.4) is 0 Å². The lowest BCUT2D eigenvalue weighted by Gasteiger charge is -2.54. The SMILES string of the molecule is C#C[C@@]1(O)CC[C@H]2[C@@H]3CCC4=C(CCC(O)(CCC=C)C4)[C@H]3CC[C@@]21C. The molecule has 4 aliphatic rings. The van der Waals surface area contributed by atoms with Crippen LogP contribution >= 0.6 is 0 Å². The Morgan fingerprint density at radius 3 is 2.73 bits per heavy atom. The van der Waals surface area contributed by atoms with Gasteiger partial charge in [0.25, 0.3) is 0 Å². The van der Waals surface area contributed by atoms with Crippen LogP contribution in [0.25, 0.3) is 0 Å². The summed E-state index contributed by atoms with van der Waals surface area (Å²) in [5, 5.41) is 22.0. The van der Waals surface area contributed by atoms with Gasteiger partial charge in [-0.25, -0.2) is 0 Å². The van der Waals surface area contributed by atoms with Gasteiger partial charge < -0.3 is 10.2 Å². The van der Waals surface area contributed by atoms with Gasteiger partial charge >= 0.3 is 0 Å². The Bertz CT molecular complexity index is 670. The highest BCUT2D eigenvalue weighted by Gasteiger charge is 2.61. The van der Waals surface area contributed by atoms with Crippen molar-refractivity contribution in [3.63, 3.8) is 0 Å². The maximum atomic E-state index is 11.0. The molecule has 0 aromatic carbocycles. The molecule has 0 aromatic rings. The van der Waals surface area contributed by atoms with E-state index in [0.29, 0.717) is 17.8 Å². The molecule has 2 nitrogen and oxygen atoms in total. The van der Waals surface area contributed by atoms with E-state index in [2.05, 4.69) is 19.4 Å². The van der Waals surface area contributed by atoms with Gasteiger partial charge in [0.1, 0.15) is 5.60 Å². The summed E-state index contributed by atoms with van der Waals surface area (Å²) in [7, 11) is 0. The van der Waals surface area contributed by atoms with Gasteiger partial charge in [-0.15, -0.1) is 13.0 Å². The average Bonchev–Trinajstić information content (AvgIpc) is 2.91. The first-order valence-corrected chi connectivity index (χ1v) is 10.6. The highest BCUT2D eigenvalue weighted by atomic mass is 16.3. The third-order valence-electron chi connectivity index (χ3n) is 8.72. The van der Waals surface area contributed by atoms with E-state index >= 15 is 0 Å². The molecule has 0 bridgehead atoms. The fourth-order valence-corrected chi connectivity index (χ4v) is 7.14. The largest absolute Gasteiger partial charge is 0.390 e. The van der Waals surface area contributed by atoms with Crippen LogP contribution in [0.1, 0.15) is 77.6 Å². The van der Waals surface area contributed by atoms with E-state index in [1.54, 1.807) is 11.1 Å². The number of rotatable bonds is 3. The van der Waals surface area contributed by atoms with Gasteiger partial charge in [-0.05, 0) is 88.4 Å². The normalized spacial score (nSPS) is 47.5.